The van der Waals surface area contributed by atoms with Crippen molar-refractivity contribution in [2.24, 2.45) is 0 Å². The lowest BCUT2D eigenvalue weighted by molar-refractivity contribution is 0.496. The quantitative estimate of drug-likeness (QED) is 0.603. The second-order valence-corrected chi connectivity index (χ2v) is 5.65. The minimum Gasteiger partial charge on any atom is -0.282 e. The van der Waals surface area contributed by atoms with Crippen LogP contribution < -0.4 is 0 Å². The third-order valence-electron chi connectivity index (χ3n) is 2.72. The molecule has 0 saturated heterocycles. The van der Waals surface area contributed by atoms with Gasteiger partial charge in [-0.25, -0.2) is 0 Å². The van der Waals surface area contributed by atoms with E-state index in [1.54, 1.807) is 30.3 Å². The number of allylic oxidation sites excluding steroid dienone is 1. The Hall–Kier alpha value is -1.13. The first-order valence-corrected chi connectivity index (χ1v) is 7.72. The molecule has 0 amide bonds. The lowest BCUT2D eigenvalue weighted by atomic mass is 10.1. The summed E-state index contributed by atoms with van der Waals surface area (Å²) >= 11 is 0. The topological polar surface area (TPSA) is 54.4 Å². The first kappa shape index (κ1) is 14.9. The summed E-state index contributed by atoms with van der Waals surface area (Å²) in [4.78, 5) is 0.0135. The summed E-state index contributed by atoms with van der Waals surface area (Å²) < 4.78 is 31.9. The van der Waals surface area contributed by atoms with Crippen LogP contribution in [-0.4, -0.2) is 13.0 Å². The summed E-state index contributed by atoms with van der Waals surface area (Å²) in [5, 5.41) is 0. The van der Waals surface area contributed by atoms with Gasteiger partial charge in [-0.15, -0.1) is 0 Å². The summed E-state index contributed by atoms with van der Waals surface area (Å²) in [6.07, 6.45) is 6.61. The predicted octanol–water partition coefficient (Wildman–Crippen LogP) is 3.89. The van der Waals surface area contributed by atoms with E-state index in [2.05, 4.69) is 6.92 Å². The third kappa shape index (κ3) is 5.02. The number of rotatable bonds is 7. The Labute approximate surface area is 109 Å². The summed E-state index contributed by atoms with van der Waals surface area (Å²) in [5.74, 6) is 0. The Balaban J connectivity index is 2.78. The van der Waals surface area contributed by atoms with Gasteiger partial charge < -0.3 is 0 Å². The number of unbranched alkanes of at least 4 members (excludes halogenated alkanes) is 4. The maximum absolute atomic E-state index is 11.3. The van der Waals surface area contributed by atoms with Crippen molar-refractivity contribution < 1.29 is 13.0 Å². The Kier molecular flexibility index (Phi) is 6.09. The van der Waals surface area contributed by atoms with E-state index in [9.17, 15) is 13.0 Å². The van der Waals surface area contributed by atoms with Crippen molar-refractivity contribution in [2.45, 2.75) is 39.0 Å². The lowest BCUT2D eigenvalue weighted by Crippen LogP contribution is -2.01. The number of benzene rings is 1. The number of hydrogen-bond acceptors (Lipinski definition) is 2. The molecule has 0 bridgehead atoms. The van der Waals surface area contributed by atoms with Gasteiger partial charge in [0.05, 0.1) is 4.91 Å². The molecule has 18 heavy (non-hydrogen) atoms. The second kappa shape index (κ2) is 7.34. The van der Waals surface area contributed by atoms with Crippen LogP contribution in [0.1, 0.15) is 44.6 Å². The Bertz CT molecular complexity index is 475. The van der Waals surface area contributed by atoms with E-state index < -0.39 is 10.1 Å². The van der Waals surface area contributed by atoms with E-state index in [1.165, 1.54) is 0 Å². The monoisotopic (exact) mass is 268 g/mol. The van der Waals surface area contributed by atoms with Gasteiger partial charge in [-0.3, -0.25) is 4.55 Å². The number of hydrogen-bond donors (Lipinski definition) is 1. The molecule has 0 aromatic heterocycles. The average molecular weight is 268 g/mol. The molecule has 0 radical (unpaired) electrons. The molecule has 0 fully saturated rings. The van der Waals surface area contributed by atoms with E-state index in [0.717, 1.165) is 25.7 Å². The largest absolute Gasteiger partial charge is 0.294 e. The second-order valence-electron chi connectivity index (χ2n) is 4.26. The predicted molar refractivity (Wildman–Crippen MR) is 74.7 cm³/mol. The highest BCUT2D eigenvalue weighted by Gasteiger charge is 2.15. The van der Waals surface area contributed by atoms with Crippen LogP contribution in [0.4, 0.5) is 0 Å². The highest BCUT2D eigenvalue weighted by molar-refractivity contribution is 7.95. The normalized spacial score (nSPS) is 12.7. The van der Waals surface area contributed by atoms with Crippen molar-refractivity contribution in [1.82, 2.24) is 0 Å². The summed E-state index contributed by atoms with van der Waals surface area (Å²) in [5.41, 5.74) is 0.537. The Morgan fingerprint density at radius 3 is 2.39 bits per heavy atom. The van der Waals surface area contributed by atoms with Crippen molar-refractivity contribution in [3.8, 4) is 0 Å². The van der Waals surface area contributed by atoms with Gasteiger partial charge >= 0.3 is 0 Å². The first-order chi connectivity index (χ1) is 8.55. The lowest BCUT2D eigenvalue weighted by Gasteiger charge is -2.04. The zero-order chi connectivity index (χ0) is 13.4. The Morgan fingerprint density at radius 1 is 1.17 bits per heavy atom. The van der Waals surface area contributed by atoms with Crippen molar-refractivity contribution >= 4 is 15.0 Å². The van der Waals surface area contributed by atoms with Crippen molar-refractivity contribution in [1.29, 1.82) is 0 Å². The van der Waals surface area contributed by atoms with Gasteiger partial charge in [-0.2, -0.15) is 8.42 Å². The van der Waals surface area contributed by atoms with Crippen LogP contribution in [0.25, 0.3) is 4.91 Å². The summed E-state index contributed by atoms with van der Waals surface area (Å²) in [6.45, 7) is 2.13. The fourth-order valence-corrected chi connectivity index (χ4v) is 2.54. The molecular weight excluding hydrogens is 248 g/mol. The SMILES string of the molecule is CCCCCCC=C(c1ccccc1)S(=O)(=O)O. The highest BCUT2D eigenvalue weighted by atomic mass is 32.2. The van der Waals surface area contributed by atoms with Gasteiger partial charge in [0, 0.05) is 0 Å². The van der Waals surface area contributed by atoms with Crippen molar-refractivity contribution in [2.75, 3.05) is 0 Å². The summed E-state index contributed by atoms with van der Waals surface area (Å²) in [6, 6.07) is 8.69. The average Bonchev–Trinajstić information content (AvgIpc) is 2.33. The van der Waals surface area contributed by atoms with Gasteiger partial charge in [-0.1, -0.05) is 62.6 Å². The smallest absolute Gasteiger partial charge is 0.282 e. The van der Waals surface area contributed by atoms with Crippen LogP contribution in [0.5, 0.6) is 0 Å². The maximum atomic E-state index is 11.3. The van der Waals surface area contributed by atoms with Crippen LogP contribution in [0.2, 0.25) is 0 Å². The van der Waals surface area contributed by atoms with Gasteiger partial charge in [0.2, 0.25) is 0 Å². The molecule has 1 aromatic rings. The fourth-order valence-electron chi connectivity index (χ4n) is 1.78. The molecular formula is C14H20O3S. The van der Waals surface area contributed by atoms with Gasteiger partial charge in [0.25, 0.3) is 10.1 Å². The molecule has 0 saturated carbocycles. The van der Waals surface area contributed by atoms with Crippen LogP contribution in [0.3, 0.4) is 0 Å². The van der Waals surface area contributed by atoms with Crippen LogP contribution in [-0.2, 0) is 10.1 Å². The molecule has 0 aliphatic heterocycles. The minimum absolute atomic E-state index is 0.0135. The van der Waals surface area contributed by atoms with Gasteiger partial charge in [0.15, 0.2) is 0 Å². The van der Waals surface area contributed by atoms with E-state index in [4.69, 9.17) is 0 Å². The molecule has 1 aromatic carbocycles. The molecule has 100 valence electrons. The van der Waals surface area contributed by atoms with E-state index in [0.29, 0.717) is 12.0 Å². The van der Waals surface area contributed by atoms with Gasteiger partial charge in [-0.05, 0) is 18.4 Å². The highest BCUT2D eigenvalue weighted by Crippen LogP contribution is 2.21. The molecule has 1 N–H and O–H groups in total. The van der Waals surface area contributed by atoms with E-state index >= 15 is 0 Å². The van der Waals surface area contributed by atoms with Crippen molar-refractivity contribution in [3.05, 3.63) is 42.0 Å². The van der Waals surface area contributed by atoms with E-state index in [-0.39, 0.29) is 4.91 Å². The zero-order valence-electron chi connectivity index (χ0n) is 10.7. The van der Waals surface area contributed by atoms with Crippen LogP contribution in [0.15, 0.2) is 36.4 Å². The molecule has 0 aliphatic rings. The molecule has 0 unspecified atom stereocenters. The maximum Gasteiger partial charge on any atom is 0.294 e. The standard InChI is InChI=1S/C14H20O3S/c1-2-3-4-5-9-12-14(18(15,16)17)13-10-7-6-8-11-13/h6-8,10-12H,2-5,9H2,1H3,(H,15,16,17). The molecule has 3 nitrogen and oxygen atoms in total. The fraction of sp³-hybridized carbons (Fsp3) is 0.429. The molecule has 0 aliphatic carbocycles. The molecule has 1 rings (SSSR count). The van der Waals surface area contributed by atoms with Gasteiger partial charge in [0.1, 0.15) is 0 Å². The zero-order valence-corrected chi connectivity index (χ0v) is 11.5. The molecule has 0 heterocycles. The van der Waals surface area contributed by atoms with E-state index in [1.807, 2.05) is 6.07 Å². The third-order valence-corrected chi connectivity index (χ3v) is 3.68. The first-order valence-electron chi connectivity index (χ1n) is 6.28. The summed E-state index contributed by atoms with van der Waals surface area (Å²) in [7, 11) is -4.15. The minimum atomic E-state index is -4.15. The molecule has 0 atom stereocenters. The Morgan fingerprint density at radius 2 is 1.83 bits per heavy atom. The molecule has 4 heteroatoms. The van der Waals surface area contributed by atoms with Crippen LogP contribution in [0, 0.1) is 0 Å². The van der Waals surface area contributed by atoms with Crippen LogP contribution >= 0.6 is 0 Å². The van der Waals surface area contributed by atoms with Crippen molar-refractivity contribution in [3.63, 3.8) is 0 Å². The molecule has 0 spiro atoms.